The minimum absolute atomic E-state index is 0.0290. The summed E-state index contributed by atoms with van der Waals surface area (Å²) in [4.78, 5) is 12.9. The maximum absolute atomic E-state index is 13.1. The standard InChI is InChI=1S/C22H28N2O5S/c1-15-6-5-7-16(2)24(15)30(26,27)19-11-8-17(9-12-19)23-22(25)20-14-18(28-3)10-13-21(20)29-4/h8-16H,5-7H2,1-4H3,(H,23,25). The molecule has 162 valence electrons. The molecule has 0 saturated carbocycles. The van der Waals surface area contributed by atoms with Crippen molar-refractivity contribution in [3.63, 3.8) is 0 Å². The monoisotopic (exact) mass is 432 g/mol. The first-order valence-corrected chi connectivity index (χ1v) is 11.4. The van der Waals surface area contributed by atoms with E-state index >= 15 is 0 Å². The zero-order valence-electron chi connectivity index (χ0n) is 17.7. The summed E-state index contributed by atoms with van der Waals surface area (Å²) in [5.74, 6) is 0.576. The molecule has 1 saturated heterocycles. The van der Waals surface area contributed by atoms with Crippen LogP contribution in [0, 0.1) is 0 Å². The average molecular weight is 433 g/mol. The number of anilines is 1. The van der Waals surface area contributed by atoms with E-state index in [0.717, 1.165) is 19.3 Å². The van der Waals surface area contributed by atoms with E-state index in [1.807, 2.05) is 13.8 Å². The lowest BCUT2D eigenvalue weighted by Gasteiger charge is -2.37. The van der Waals surface area contributed by atoms with E-state index in [0.29, 0.717) is 22.7 Å². The molecule has 30 heavy (non-hydrogen) atoms. The number of hydrogen-bond acceptors (Lipinski definition) is 5. The molecule has 0 spiro atoms. The predicted molar refractivity (Wildman–Crippen MR) is 116 cm³/mol. The summed E-state index contributed by atoms with van der Waals surface area (Å²) in [5, 5.41) is 2.78. The van der Waals surface area contributed by atoms with Crippen LogP contribution in [0.25, 0.3) is 0 Å². The number of piperidine rings is 1. The lowest BCUT2D eigenvalue weighted by atomic mass is 10.0. The zero-order chi connectivity index (χ0) is 21.9. The molecule has 0 aliphatic carbocycles. The lowest BCUT2D eigenvalue weighted by Crippen LogP contribution is -2.47. The molecular weight excluding hydrogens is 404 g/mol. The van der Waals surface area contributed by atoms with E-state index in [-0.39, 0.29) is 22.9 Å². The van der Waals surface area contributed by atoms with Gasteiger partial charge in [0.1, 0.15) is 11.5 Å². The fourth-order valence-corrected chi connectivity index (χ4v) is 5.78. The first kappa shape index (κ1) is 22.1. The van der Waals surface area contributed by atoms with Crippen molar-refractivity contribution >= 4 is 21.6 Å². The summed E-state index contributed by atoms with van der Waals surface area (Å²) in [6, 6.07) is 11.1. The summed E-state index contributed by atoms with van der Waals surface area (Å²) in [6.45, 7) is 3.90. The molecule has 2 unspecified atom stereocenters. The van der Waals surface area contributed by atoms with Gasteiger partial charge in [0, 0.05) is 17.8 Å². The fourth-order valence-electron chi connectivity index (χ4n) is 3.89. The van der Waals surface area contributed by atoms with Gasteiger partial charge >= 0.3 is 0 Å². The number of nitrogens with zero attached hydrogens (tertiary/aromatic N) is 1. The van der Waals surface area contributed by atoms with E-state index in [1.54, 1.807) is 34.6 Å². The quantitative estimate of drug-likeness (QED) is 0.748. The van der Waals surface area contributed by atoms with Crippen molar-refractivity contribution in [1.82, 2.24) is 4.31 Å². The molecule has 2 aromatic carbocycles. The SMILES string of the molecule is COc1ccc(OC)c(C(=O)Nc2ccc(S(=O)(=O)N3C(C)CCCC3C)cc2)c1. The number of benzene rings is 2. The Morgan fingerprint density at radius 3 is 2.20 bits per heavy atom. The molecule has 0 bridgehead atoms. The van der Waals surface area contributed by atoms with E-state index < -0.39 is 10.0 Å². The highest BCUT2D eigenvalue weighted by Gasteiger charge is 2.35. The van der Waals surface area contributed by atoms with Gasteiger partial charge < -0.3 is 14.8 Å². The maximum Gasteiger partial charge on any atom is 0.259 e. The van der Waals surface area contributed by atoms with E-state index in [4.69, 9.17) is 9.47 Å². The summed E-state index contributed by atoms with van der Waals surface area (Å²) < 4.78 is 38.3. The number of sulfonamides is 1. The molecule has 1 aliphatic rings. The predicted octanol–water partition coefficient (Wildman–Crippen LogP) is 3.91. The average Bonchev–Trinajstić information content (AvgIpc) is 2.73. The Bertz CT molecular complexity index is 995. The Morgan fingerprint density at radius 1 is 1.00 bits per heavy atom. The van der Waals surface area contributed by atoms with Gasteiger partial charge in [0.25, 0.3) is 5.91 Å². The zero-order valence-corrected chi connectivity index (χ0v) is 18.5. The maximum atomic E-state index is 13.1. The van der Waals surface area contributed by atoms with Gasteiger partial charge in [-0.3, -0.25) is 4.79 Å². The van der Waals surface area contributed by atoms with Crippen LogP contribution in [0.5, 0.6) is 11.5 Å². The molecule has 2 aromatic rings. The number of nitrogens with one attached hydrogen (secondary N) is 1. The molecule has 2 atom stereocenters. The second-order valence-corrected chi connectivity index (χ2v) is 9.35. The Kier molecular flexibility index (Phi) is 6.67. The number of carbonyl (C=O) groups is 1. The third kappa shape index (κ3) is 4.44. The van der Waals surface area contributed by atoms with Crippen LogP contribution < -0.4 is 14.8 Å². The van der Waals surface area contributed by atoms with Gasteiger partial charge in [-0.1, -0.05) is 6.42 Å². The molecule has 0 radical (unpaired) electrons. The first-order valence-electron chi connectivity index (χ1n) is 9.95. The highest BCUT2D eigenvalue weighted by molar-refractivity contribution is 7.89. The van der Waals surface area contributed by atoms with Crippen LogP contribution >= 0.6 is 0 Å². The molecule has 3 rings (SSSR count). The van der Waals surface area contributed by atoms with E-state index in [2.05, 4.69) is 5.32 Å². The summed E-state index contributed by atoms with van der Waals surface area (Å²) in [6.07, 6.45) is 2.76. The highest BCUT2D eigenvalue weighted by atomic mass is 32.2. The molecule has 7 nitrogen and oxygen atoms in total. The summed E-state index contributed by atoms with van der Waals surface area (Å²) in [5.41, 5.74) is 0.813. The lowest BCUT2D eigenvalue weighted by molar-refractivity contribution is 0.102. The van der Waals surface area contributed by atoms with Crippen molar-refractivity contribution in [3.8, 4) is 11.5 Å². The minimum Gasteiger partial charge on any atom is -0.497 e. The topological polar surface area (TPSA) is 84.9 Å². The van der Waals surface area contributed by atoms with Gasteiger partial charge in [-0.2, -0.15) is 4.31 Å². The van der Waals surface area contributed by atoms with Crippen LogP contribution in [-0.2, 0) is 10.0 Å². The molecule has 1 fully saturated rings. The molecule has 0 aromatic heterocycles. The third-order valence-corrected chi connectivity index (χ3v) is 7.59. The van der Waals surface area contributed by atoms with Crippen molar-refractivity contribution < 1.29 is 22.7 Å². The number of ether oxygens (including phenoxy) is 2. The highest BCUT2D eigenvalue weighted by Crippen LogP contribution is 2.30. The van der Waals surface area contributed by atoms with Crippen LogP contribution in [0.2, 0.25) is 0 Å². The Labute approximate surface area is 178 Å². The van der Waals surface area contributed by atoms with Crippen molar-refractivity contribution in [2.45, 2.75) is 50.1 Å². The second-order valence-electron chi connectivity index (χ2n) is 7.51. The van der Waals surface area contributed by atoms with E-state index in [1.165, 1.54) is 26.4 Å². The van der Waals surface area contributed by atoms with Gasteiger partial charge in [0.2, 0.25) is 10.0 Å². The van der Waals surface area contributed by atoms with Crippen LogP contribution in [0.4, 0.5) is 5.69 Å². The minimum atomic E-state index is -3.59. The molecule has 1 heterocycles. The van der Waals surface area contributed by atoms with Gasteiger partial charge in [0.05, 0.1) is 24.7 Å². The van der Waals surface area contributed by atoms with Gasteiger partial charge in [-0.15, -0.1) is 0 Å². The van der Waals surface area contributed by atoms with Crippen LogP contribution in [0.15, 0.2) is 47.4 Å². The Morgan fingerprint density at radius 2 is 1.63 bits per heavy atom. The molecule has 1 aliphatic heterocycles. The molecule has 8 heteroatoms. The van der Waals surface area contributed by atoms with Gasteiger partial charge in [-0.05, 0) is 69.2 Å². The fraction of sp³-hybridized carbons (Fsp3) is 0.409. The second kappa shape index (κ2) is 9.06. The molecule has 1 amide bonds. The molecule has 1 N–H and O–H groups in total. The van der Waals surface area contributed by atoms with Crippen molar-refractivity contribution in [1.29, 1.82) is 0 Å². The summed E-state index contributed by atoms with van der Waals surface area (Å²) >= 11 is 0. The number of carbonyl (C=O) groups excluding carboxylic acids is 1. The van der Waals surface area contributed by atoms with E-state index in [9.17, 15) is 13.2 Å². The Balaban J connectivity index is 1.80. The van der Waals surface area contributed by atoms with Gasteiger partial charge in [-0.25, -0.2) is 8.42 Å². The van der Waals surface area contributed by atoms with Gasteiger partial charge in [0.15, 0.2) is 0 Å². The number of rotatable bonds is 6. The molecular formula is C22H28N2O5S. The Hall–Kier alpha value is -2.58. The normalized spacial score (nSPS) is 19.9. The van der Waals surface area contributed by atoms with Crippen molar-refractivity contribution in [2.75, 3.05) is 19.5 Å². The smallest absolute Gasteiger partial charge is 0.259 e. The largest absolute Gasteiger partial charge is 0.497 e. The van der Waals surface area contributed by atoms with Crippen LogP contribution in [-0.4, -0.2) is 44.9 Å². The first-order chi connectivity index (χ1) is 14.3. The number of amides is 1. The van der Waals surface area contributed by atoms with Crippen LogP contribution in [0.3, 0.4) is 0 Å². The van der Waals surface area contributed by atoms with Crippen molar-refractivity contribution in [3.05, 3.63) is 48.0 Å². The van der Waals surface area contributed by atoms with Crippen molar-refractivity contribution in [2.24, 2.45) is 0 Å². The number of hydrogen-bond donors (Lipinski definition) is 1. The summed E-state index contributed by atoms with van der Waals surface area (Å²) in [7, 11) is -0.586. The van der Waals surface area contributed by atoms with Crippen LogP contribution in [0.1, 0.15) is 43.5 Å². The third-order valence-electron chi connectivity index (χ3n) is 5.45. The number of methoxy groups -OCH3 is 2.